The Kier molecular flexibility index (Phi) is 5.26. The fourth-order valence-corrected chi connectivity index (χ4v) is 0.714. The summed E-state index contributed by atoms with van der Waals surface area (Å²) in [6.07, 6.45) is 0. The summed E-state index contributed by atoms with van der Waals surface area (Å²) in [4.78, 5) is 14.8. The van der Waals surface area contributed by atoms with Crippen molar-refractivity contribution in [2.24, 2.45) is 0 Å². The van der Waals surface area contributed by atoms with Crippen molar-refractivity contribution in [1.82, 2.24) is 4.98 Å². The van der Waals surface area contributed by atoms with Crippen molar-refractivity contribution >= 4 is 11.6 Å². The largest absolute Gasteiger partial charge is 0.389 e. The molecule has 0 bridgehead atoms. The first kappa shape index (κ1) is 11.7. The summed E-state index contributed by atoms with van der Waals surface area (Å²) in [7, 11) is 1.74. The molecular weight excluding hydrogens is 229 g/mol. The molecule has 1 N–H and O–H groups in total. The van der Waals surface area contributed by atoms with Crippen molar-refractivity contribution in [3.8, 4) is 0 Å². The number of aromatic nitrogens is 1. The van der Waals surface area contributed by atoms with Gasteiger partial charge in [0.15, 0.2) is 5.78 Å². The third-order valence-corrected chi connectivity index (χ3v) is 1.29. The van der Waals surface area contributed by atoms with Crippen LogP contribution in [0.4, 0.5) is 5.82 Å². The van der Waals surface area contributed by atoms with Crippen LogP contribution >= 0.6 is 0 Å². The number of anilines is 1. The Morgan fingerprint density at radius 2 is 2.33 bits per heavy atom. The van der Waals surface area contributed by atoms with Gasteiger partial charge in [0.1, 0.15) is 0 Å². The molecule has 61 valence electrons. The van der Waals surface area contributed by atoms with Crippen molar-refractivity contribution in [3.05, 3.63) is 23.9 Å². The van der Waals surface area contributed by atoms with Crippen LogP contribution in [0.5, 0.6) is 0 Å². The molecular formula is C8H9N2OY-. The third-order valence-electron chi connectivity index (χ3n) is 1.29. The molecule has 0 aromatic carbocycles. The van der Waals surface area contributed by atoms with Gasteiger partial charge in [-0.3, -0.25) is 9.78 Å². The van der Waals surface area contributed by atoms with Gasteiger partial charge in [0, 0.05) is 51.3 Å². The van der Waals surface area contributed by atoms with Gasteiger partial charge >= 0.3 is 0 Å². The van der Waals surface area contributed by atoms with E-state index >= 15 is 0 Å². The maximum absolute atomic E-state index is 10.8. The number of nitrogens with zero attached hydrogens (tertiary/aromatic N) is 1. The van der Waals surface area contributed by atoms with Gasteiger partial charge in [0.2, 0.25) is 0 Å². The number of ketones is 1. The summed E-state index contributed by atoms with van der Waals surface area (Å²) >= 11 is 0. The van der Waals surface area contributed by atoms with Crippen LogP contribution in [0, 0.1) is 6.07 Å². The van der Waals surface area contributed by atoms with Crippen molar-refractivity contribution in [2.75, 3.05) is 12.4 Å². The van der Waals surface area contributed by atoms with Gasteiger partial charge in [0.05, 0.1) is 0 Å². The Bertz CT molecular complexity index is 276. The number of Topliss-reactive ketones (excluding diaryl/α,β-unsaturated/α-hetero) is 1. The molecule has 0 saturated heterocycles. The number of carbonyl (C=O) groups excluding carboxylic acids is 1. The first-order valence-corrected chi connectivity index (χ1v) is 3.31. The quantitative estimate of drug-likeness (QED) is 0.620. The van der Waals surface area contributed by atoms with E-state index < -0.39 is 0 Å². The first-order chi connectivity index (χ1) is 5.24. The van der Waals surface area contributed by atoms with E-state index in [1.54, 1.807) is 19.2 Å². The van der Waals surface area contributed by atoms with Gasteiger partial charge in [-0.1, -0.05) is 0 Å². The van der Waals surface area contributed by atoms with Crippen molar-refractivity contribution in [1.29, 1.82) is 0 Å². The number of nitrogens with one attached hydrogen (secondary N) is 1. The monoisotopic (exact) mass is 238 g/mol. The van der Waals surface area contributed by atoms with E-state index in [-0.39, 0.29) is 38.5 Å². The van der Waals surface area contributed by atoms with E-state index in [4.69, 9.17) is 0 Å². The molecule has 1 radical (unpaired) electrons. The zero-order chi connectivity index (χ0) is 8.27. The zero-order valence-electron chi connectivity index (χ0n) is 7.09. The molecule has 0 fully saturated rings. The molecule has 0 spiro atoms. The fraction of sp³-hybridized carbons (Fsp3) is 0.250. The van der Waals surface area contributed by atoms with Gasteiger partial charge in [-0.25, -0.2) is 12.1 Å². The summed E-state index contributed by atoms with van der Waals surface area (Å²) in [5.41, 5.74) is 0.466. The minimum absolute atomic E-state index is 0. The second kappa shape index (κ2) is 5.38. The summed E-state index contributed by atoms with van der Waals surface area (Å²) in [6.45, 7) is 1.49. The van der Waals surface area contributed by atoms with Crippen molar-refractivity contribution < 1.29 is 37.5 Å². The molecule has 0 atom stereocenters. The number of carbonyl (C=O) groups is 1. The molecule has 4 heteroatoms. The molecule has 1 aromatic heterocycles. The van der Waals surface area contributed by atoms with Crippen LogP contribution in [-0.2, 0) is 32.7 Å². The average Bonchev–Trinajstić information content (AvgIpc) is 2.05. The van der Waals surface area contributed by atoms with E-state index in [2.05, 4.69) is 16.4 Å². The van der Waals surface area contributed by atoms with Crippen LogP contribution in [0.15, 0.2) is 12.1 Å². The van der Waals surface area contributed by atoms with E-state index in [1.165, 1.54) is 6.92 Å². The summed E-state index contributed by atoms with van der Waals surface area (Å²) < 4.78 is 0. The minimum Gasteiger partial charge on any atom is -0.389 e. The van der Waals surface area contributed by atoms with Crippen LogP contribution in [0.2, 0.25) is 0 Å². The molecule has 0 unspecified atom stereocenters. The molecule has 3 nitrogen and oxygen atoms in total. The summed E-state index contributed by atoms with van der Waals surface area (Å²) in [5, 5.41) is 2.80. The van der Waals surface area contributed by atoms with E-state index in [0.29, 0.717) is 11.5 Å². The number of pyridine rings is 1. The molecule has 1 aromatic rings. The number of hydrogen-bond acceptors (Lipinski definition) is 3. The van der Waals surface area contributed by atoms with Gasteiger partial charge in [0.25, 0.3) is 0 Å². The van der Waals surface area contributed by atoms with Gasteiger partial charge in [-0.2, -0.15) is 6.07 Å². The topological polar surface area (TPSA) is 42.0 Å². The van der Waals surface area contributed by atoms with E-state index in [1.807, 2.05) is 0 Å². The van der Waals surface area contributed by atoms with Crippen LogP contribution in [-0.4, -0.2) is 17.8 Å². The summed E-state index contributed by atoms with van der Waals surface area (Å²) in [5.74, 6) is 0.563. The second-order valence-corrected chi connectivity index (χ2v) is 2.13. The van der Waals surface area contributed by atoms with E-state index in [0.717, 1.165) is 0 Å². The van der Waals surface area contributed by atoms with Crippen LogP contribution in [0.25, 0.3) is 0 Å². The van der Waals surface area contributed by atoms with Crippen LogP contribution in [0.1, 0.15) is 17.4 Å². The molecule has 0 aliphatic heterocycles. The SMILES string of the molecule is CNc1[c-]ccc(C(C)=O)n1.[Y]. The van der Waals surface area contributed by atoms with Crippen LogP contribution < -0.4 is 5.32 Å². The number of rotatable bonds is 2. The molecule has 0 aliphatic rings. The molecule has 0 saturated carbocycles. The molecule has 1 rings (SSSR count). The average molecular weight is 238 g/mol. The van der Waals surface area contributed by atoms with Crippen LogP contribution in [0.3, 0.4) is 0 Å². The maximum atomic E-state index is 10.8. The third kappa shape index (κ3) is 2.99. The normalized spacial score (nSPS) is 8.50. The Morgan fingerprint density at radius 1 is 1.67 bits per heavy atom. The van der Waals surface area contributed by atoms with Gasteiger partial charge in [-0.15, -0.1) is 0 Å². The minimum atomic E-state index is -0.0319. The molecule has 0 amide bonds. The van der Waals surface area contributed by atoms with Gasteiger partial charge < -0.3 is 5.32 Å². The maximum Gasteiger partial charge on any atom is 0.160 e. The zero-order valence-corrected chi connectivity index (χ0v) is 9.93. The Morgan fingerprint density at radius 3 is 2.83 bits per heavy atom. The van der Waals surface area contributed by atoms with Gasteiger partial charge in [-0.05, 0) is 6.92 Å². The summed E-state index contributed by atoms with van der Waals surface area (Å²) in [6, 6.07) is 6.16. The fourth-order valence-electron chi connectivity index (χ4n) is 0.714. The van der Waals surface area contributed by atoms with Crippen molar-refractivity contribution in [2.45, 2.75) is 6.92 Å². The predicted octanol–water partition coefficient (Wildman–Crippen LogP) is 1.12. The van der Waals surface area contributed by atoms with Crippen molar-refractivity contribution in [3.63, 3.8) is 0 Å². The van der Waals surface area contributed by atoms with E-state index in [9.17, 15) is 4.79 Å². The Hall–Kier alpha value is -0.276. The predicted molar refractivity (Wildman–Crippen MR) is 42.6 cm³/mol. The standard InChI is InChI=1S/C8H9N2O.Y/c1-6(11)7-4-3-5-8(9-2)10-7;/h3-4H,1-2H3,(H,9,10);/q-1;. The Labute approximate surface area is 96.8 Å². The first-order valence-electron chi connectivity index (χ1n) is 3.31. The molecule has 12 heavy (non-hydrogen) atoms. The molecule has 1 heterocycles. The molecule has 0 aliphatic carbocycles. The number of hydrogen-bond donors (Lipinski definition) is 1. The Balaban J connectivity index is 0.00000121. The smallest absolute Gasteiger partial charge is 0.160 e. The second-order valence-electron chi connectivity index (χ2n) is 2.13.